The van der Waals surface area contributed by atoms with E-state index in [1.54, 1.807) is 12.4 Å². The van der Waals surface area contributed by atoms with Crippen molar-refractivity contribution in [1.82, 2.24) is 4.98 Å². The number of nitrogens with zero attached hydrogens (tertiary/aromatic N) is 1. The zero-order valence-corrected chi connectivity index (χ0v) is 10.3. The van der Waals surface area contributed by atoms with Gasteiger partial charge in [0.15, 0.2) is 5.78 Å². The van der Waals surface area contributed by atoms with Crippen LogP contribution in [0.2, 0.25) is 0 Å². The minimum Gasteiger partial charge on any atom is -0.294 e. The molecule has 0 aromatic carbocycles. The van der Waals surface area contributed by atoms with Gasteiger partial charge in [0.25, 0.3) is 0 Å². The van der Waals surface area contributed by atoms with Gasteiger partial charge in [-0.3, -0.25) is 9.78 Å². The first-order chi connectivity index (χ1) is 7.74. The molecule has 2 nitrogen and oxygen atoms in total. The first kappa shape index (κ1) is 12.9. The molecule has 0 aliphatic carbocycles. The van der Waals surface area contributed by atoms with Crippen molar-refractivity contribution >= 4 is 5.78 Å². The molecule has 0 spiro atoms. The smallest absolute Gasteiger partial charge is 0.164 e. The molecule has 0 aliphatic heterocycles. The van der Waals surface area contributed by atoms with E-state index in [4.69, 9.17) is 0 Å². The third kappa shape index (κ3) is 4.56. The number of carbonyl (C=O) groups excluding carboxylic acids is 1. The van der Waals surface area contributed by atoms with Crippen molar-refractivity contribution in [3.05, 3.63) is 30.1 Å². The molecule has 0 radical (unpaired) electrons. The number of hydrogen-bond acceptors (Lipinski definition) is 2. The van der Waals surface area contributed by atoms with Gasteiger partial charge in [0.05, 0.1) is 0 Å². The Morgan fingerprint density at radius 3 is 2.88 bits per heavy atom. The largest absolute Gasteiger partial charge is 0.294 e. The van der Waals surface area contributed by atoms with Crippen molar-refractivity contribution < 1.29 is 4.79 Å². The lowest BCUT2D eigenvalue weighted by molar-refractivity contribution is 0.0977. The summed E-state index contributed by atoms with van der Waals surface area (Å²) in [4.78, 5) is 15.7. The Morgan fingerprint density at radius 2 is 2.25 bits per heavy atom. The molecule has 0 bridgehead atoms. The Hall–Kier alpha value is -1.18. The quantitative estimate of drug-likeness (QED) is 0.651. The molecule has 1 aromatic heterocycles. The highest BCUT2D eigenvalue weighted by Gasteiger charge is 2.06. The molecular formula is C14H21NO. The van der Waals surface area contributed by atoms with Gasteiger partial charge in [-0.05, 0) is 24.5 Å². The van der Waals surface area contributed by atoms with Gasteiger partial charge in [-0.1, -0.05) is 33.1 Å². The van der Waals surface area contributed by atoms with Crippen LogP contribution in [0.5, 0.6) is 0 Å². The Balaban J connectivity index is 2.26. The van der Waals surface area contributed by atoms with E-state index in [1.807, 2.05) is 12.1 Å². The second-order valence-corrected chi connectivity index (χ2v) is 4.45. The van der Waals surface area contributed by atoms with Gasteiger partial charge >= 0.3 is 0 Å². The van der Waals surface area contributed by atoms with Crippen molar-refractivity contribution in [2.45, 2.75) is 46.0 Å². The number of hydrogen-bond donors (Lipinski definition) is 0. The summed E-state index contributed by atoms with van der Waals surface area (Å²) in [5, 5.41) is 0. The maximum absolute atomic E-state index is 11.7. The van der Waals surface area contributed by atoms with Crippen LogP contribution in [0.15, 0.2) is 24.5 Å². The van der Waals surface area contributed by atoms with Crippen LogP contribution >= 0.6 is 0 Å². The van der Waals surface area contributed by atoms with Gasteiger partial charge in [0.1, 0.15) is 0 Å². The molecule has 0 fully saturated rings. The summed E-state index contributed by atoms with van der Waals surface area (Å²) in [5.74, 6) is 0.962. The third-order valence-electron chi connectivity index (χ3n) is 2.87. The summed E-state index contributed by atoms with van der Waals surface area (Å²) >= 11 is 0. The lowest BCUT2D eigenvalue weighted by atomic mass is 9.97. The summed E-state index contributed by atoms with van der Waals surface area (Å²) in [5.41, 5.74) is 0.741. The molecule has 0 saturated carbocycles. The number of aromatic nitrogens is 1. The zero-order valence-electron chi connectivity index (χ0n) is 10.3. The van der Waals surface area contributed by atoms with Gasteiger partial charge in [0, 0.05) is 24.4 Å². The van der Waals surface area contributed by atoms with Gasteiger partial charge in [0.2, 0.25) is 0 Å². The molecule has 0 saturated heterocycles. The molecule has 2 heteroatoms. The Labute approximate surface area is 98.1 Å². The fourth-order valence-electron chi connectivity index (χ4n) is 1.92. The Kier molecular flexibility index (Phi) is 5.76. The second-order valence-electron chi connectivity index (χ2n) is 4.45. The van der Waals surface area contributed by atoms with Crippen LogP contribution in [0.25, 0.3) is 0 Å². The molecule has 1 aromatic rings. The first-order valence-corrected chi connectivity index (χ1v) is 6.17. The van der Waals surface area contributed by atoms with Crippen LogP contribution in [0.4, 0.5) is 0 Å². The van der Waals surface area contributed by atoms with E-state index in [1.165, 1.54) is 12.8 Å². The second kappa shape index (κ2) is 7.15. The Morgan fingerprint density at radius 1 is 1.44 bits per heavy atom. The highest BCUT2D eigenvalue weighted by Crippen LogP contribution is 2.15. The van der Waals surface area contributed by atoms with E-state index in [0.717, 1.165) is 24.3 Å². The van der Waals surface area contributed by atoms with Crippen LogP contribution in [0.1, 0.15) is 56.3 Å². The average Bonchev–Trinajstić information content (AvgIpc) is 2.30. The number of Topliss-reactive ketones (excluding diaryl/α,β-unsaturated/α-hetero) is 1. The van der Waals surface area contributed by atoms with Crippen molar-refractivity contribution in [2.24, 2.45) is 5.92 Å². The van der Waals surface area contributed by atoms with Crippen molar-refractivity contribution in [1.29, 1.82) is 0 Å². The monoisotopic (exact) mass is 219 g/mol. The van der Waals surface area contributed by atoms with Crippen molar-refractivity contribution in [2.75, 3.05) is 0 Å². The van der Waals surface area contributed by atoms with Crippen LogP contribution in [-0.4, -0.2) is 10.8 Å². The lowest BCUT2D eigenvalue weighted by Gasteiger charge is -2.08. The van der Waals surface area contributed by atoms with Gasteiger partial charge in [-0.15, -0.1) is 0 Å². The first-order valence-electron chi connectivity index (χ1n) is 6.17. The average molecular weight is 219 g/mol. The van der Waals surface area contributed by atoms with Crippen molar-refractivity contribution in [3.63, 3.8) is 0 Å². The van der Waals surface area contributed by atoms with Crippen LogP contribution < -0.4 is 0 Å². The van der Waals surface area contributed by atoms with Gasteiger partial charge < -0.3 is 0 Å². The molecule has 16 heavy (non-hydrogen) atoms. The van der Waals surface area contributed by atoms with Crippen LogP contribution in [0.3, 0.4) is 0 Å². The van der Waals surface area contributed by atoms with E-state index < -0.39 is 0 Å². The zero-order chi connectivity index (χ0) is 11.8. The number of ketones is 1. The predicted molar refractivity (Wildman–Crippen MR) is 66.5 cm³/mol. The molecule has 0 N–H and O–H groups in total. The Bertz CT molecular complexity index is 308. The normalized spacial score (nSPS) is 12.4. The third-order valence-corrected chi connectivity index (χ3v) is 2.87. The van der Waals surface area contributed by atoms with Gasteiger partial charge in [-0.2, -0.15) is 0 Å². The molecule has 1 unspecified atom stereocenters. The molecule has 0 aliphatic rings. The summed E-state index contributed by atoms with van der Waals surface area (Å²) in [7, 11) is 0. The maximum atomic E-state index is 11.7. The molecule has 1 atom stereocenters. The van der Waals surface area contributed by atoms with Crippen LogP contribution in [-0.2, 0) is 0 Å². The summed E-state index contributed by atoms with van der Waals surface area (Å²) in [6.07, 6.45) is 8.64. The number of pyridine rings is 1. The van der Waals surface area contributed by atoms with E-state index in [-0.39, 0.29) is 5.78 Å². The van der Waals surface area contributed by atoms with Gasteiger partial charge in [-0.25, -0.2) is 0 Å². The summed E-state index contributed by atoms with van der Waals surface area (Å²) in [6.45, 7) is 4.47. The van der Waals surface area contributed by atoms with Crippen molar-refractivity contribution in [3.8, 4) is 0 Å². The minimum atomic E-state index is 0.219. The minimum absolute atomic E-state index is 0.219. The van der Waals surface area contributed by atoms with Crippen LogP contribution in [0, 0.1) is 5.92 Å². The molecule has 88 valence electrons. The standard InChI is InChI=1S/C14H21NO/c1-3-6-12(2)7-4-9-14(16)13-8-5-10-15-11-13/h5,8,10-12H,3-4,6-7,9H2,1-2H3. The highest BCUT2D eigenvalue weighted by atomic mass is 16.1. The fraction of sp³-hybridized carbons (Fsp3) is 0.571. The SMILES string of the molecule is CCCC(C)CCCC(=O)c1cccnc1. The topological polar surface area (TPSA) is 30.0 Å². The van der Waals surface area contributed by atoms with E-state index in [2.05, 4.69) is 18.8 Å². The molecule has 1 rings (SSSR count). The predicted octanol–water partition coefficient (Wildman–Crippen LogP) is 3.87. The van der Waals surface area contributed by atoms with E-state index in [9.17, 15) is 4.79 Å². The van der Waals surface area contributed by atoms with E-state index in [0.29, 0.717) is 6.42 Å². The summed E-state index contributed by atoms with van der Waals surface area (Å²) < 4.78 is 0. The summed E-state index contributed by atoms with van der Waals surface area (Å²) in [6, 6.07) is 3.65. The molecule has 0 amide bonds. The van der Waals surface area contributed by atoms with E-state index >= 15 is 0 Å². The maximum Gasteiger partial charge on any atom is 0.164 e. The number of rotatable bonds is 7. The lowest BCUT2D eigenvalue weighted by Crippen LogP contribution is -2.01. The number of carbonyl (C=O) groups is 1. The fourth-order valence-corrected chi connectivity index (χ4v) is 1.92. The highest BCUT2D eigenvalue weighted by molar-refractivity contribution is 5.95. The molecule has 1 heterocycles. The molecular weight excluding hydrogens is 198 g/mol.